The summed E-state index contributed by atoms with van der Waals surface area (Å²) < 4.78 is 3.54. The fraction of sp³-hybridized carbons (Fsp3) is 0.214. The van der Waals surface area contributed by atoms with Gasteiger partial charge in [-0.2, -0.15) is 4.52 Å². The van der Waals surface area contributed by atoms with E-state index in [0.717, 1.165) is 17.0 Å². The van der Waals surface area contributed by atoms with Gasteiger partial charge in [0.25, 0.3) is 5.78 Å². The summed E-state index contributed by atoms with van der Waals surface area (Å²) in [5.41, 5.74) is 3.29. The highest BCUT2D eigenvalue weighted by molar-refractivity contribution is 5.23. The van der Waals surface area contributed by atoms with E-state index in [2.05, 4.69) is 10.1 Å². The molecule has 19 heavy (non-hydrogen) atoms. The van der Waals surface area contributed by atoms with E-state index in [-0.39, 0.29) is 5.62 Å². The Labute approximate surface area is 110 Å². The van der Waals surface area contributed by atoms with Crippen LogP contribution in [0.25, 0.3) is 5.78 Å². The maximum absolute atomic E-state index is 8.01. The van der Waals surface area contributed by atoms with Crippen LogP contribution in [-0.4, -0.2) is 9.55 Å². The van der Waals surface area contributed by atoms with Gasteiger partial charge in [-0.1, -0.05) is 30.3 Å². The summed E-state index contributed by atoms with van der Waals surface area (Å²) in [6, 6.07) is 12.0. The van der Waals surface area contributed by atoms with Crippen LogP contribution < -0.4 is 15.2 Å². The van der Waals surface area contributed by atoms with Gasteiger partial charge in [0.05, 0.1) is 11.3 Å². The number of nitrogens with zero attached hydrogens (tertiary/aromatic N) is 4. The number of hydrogen-bond acceptors (Lipinski definition) is 2. The molecule has 5 nitrogen and oxygen atoms in total. The van der Waals surface area contributed by atoms with Crippen molar-refractivity contribution in [1.29, 1.82) is 5.41 Å². The van der Waals surface area contributed by atoms with Crippen molar-refractivity contribution in [3.63, 3.8) is 0 Å². The average molecular weight is 253 g/mol. The Morgan fingerprint density at radius 3 is 2.74 bits per heavy atom. The lowest BCUT2D eigenvalue weighted by molar-refractivity contribution is -0.594. The van der Waals surface area contributed by atoms with E-state index >= 15 is 0 Å². The largest absolute Gasteiger partial charge is 0.408 e. The Morgan fingerprint density at radius 2 is 2.00 bits per heavy atom. The van der Waals surface area contributed by atoms with E-state index in [9.17, 15) is 0 Å². The molecule has 0 saturated heterocycles. The monoisotopic (exact) mass is 253 g/mol. The second kappa shape index (κ2) is 4.35. The molecule has 2 aromatic heterocycles. The molecule has 1 N–H and O–H groups in total. The van der Waals surface area contributed by atoms with Crippen molar-refractivity contribution in [2.75, 3.05) is 0 Å². The summed E-state index contributed by atoms with van der Waals surface area (Å²) in [5, 5.41) is 12.2. The Hall–Kier alpha value is -2.43. The van der Waals surface area contributed by atoms with Gasteiger partial charge in [0.2, 0.25) is 0 Å². The highest BCUT2D eigenvalue weighted by Gasteiger charge is 2.09. The number of benzene rings is 1. The van der Waals surface area contributed by atoms with Gasteiger partial charge in [-0.05, 0) is 19.4 Å². The lowest BCUT2D eigenvalue weighted by Crippen LogP contribution is -2.33. The van der Waals surface area contributed by atoms with Crippen molar-refractivity contribution in [3.8, 4) is 0 Å². The zero-order valence-electron chi connectivity index (χ0n) is 11.0. The fourth-order valence-corrected chi connectivity index (χ4v) is 2.21. The summed E-state index contributed by atoms with van der Waals surface area (Å²) in [4.78, 5) is 4.50. The number of aromatic nitrogens is 4. The van der Waals surface area contributed by atoms with Crippen molar-refractivity contribution in [2.45, 2.75) is 20.4 Å². The highest BCUT2D eigenvalue weighted by atomic mass is 15.4. The van der Waals surface area contributed by atoms with E-state index < -0.39 is 0 Å². The van der Waals surface area contributed by atoms with Crippen LogP contribution in [0.2, 0.25) is 0 Å². The van der Waals surface area contributed by atoms with Crippen LogP contribution in [0.4, 0.5) is 0 Å². The third kappa shape index (κ3) is 2.03. The highest BCUT2D eigenvalue weighted by Crippen LogP contribution is 2.03. The van der Waals surface area contributed by atoms with E-state index in [1.807, 2.05) is 54.8 Å². The number of nitrogens with one attached hydrogen (secondary N) is 1. The molecular weight excluding hydrogens is 238 g/mol. The van der Waals surface area contributed by atoms with Gasteiger partial charge in [0.1, 0.15) is 5.69 Å². The SMILES string of the molecule is Cc1cc(C)[n+]2[n-]c(=N)n(Cc3ccccc3)c2n1. The van der Waals surface area contributed by atoms with Gasteiger partial charge >= 0.3 is 0 Å². The number of aryl methyl sites for hydroxylation is 2. The average Bonchev–Trinajstić information content (AvgIpc) is 2.69. The van der Waals surface area contributed by atoms with E-state index in [0.29, 0.717) is 12.3 Å². The Bertz CT molecular complexity index is 783. The number of rotatable bonds is 2. The number of fused-ring (bicyclic) bond motifs is 1. The minimum absolute atomic E-state index is 0.227. The molecule has 96 valence electrons. The first-order valence-corrected chi connectivity index (χ1v) is 6.17. The fourth-order valence-electron chi connectivity index (χ4n) is 2.21. The van der Waals surface area contributed by atoms with Crippen LogP contribution in [0.3, 0.4) is 0 Å². The summed E-state index contributed by atoms with van der Waals surface area (Å²) in [6.07, 6.45) is 0. The summed E-state index contributed by atoms with van der Waals surface area (Å²) in [5.74, 6) is 0.714. The number of hydrogen-bond donors (Lipinski definition) is 1. The van der Waals surface area contributed by atoms with Crippen molar-refractivity contribution < 1.29 is 4.52 Å². The standard InChI is InChI=1S/C14H15N5/c1-10-8-11(2)19-14(16-10)18(13(15)17-19)9-12-6-4-3-5-7-12/h3-8,15H,9H2,1-2H3. The van der Waals surface area contributed by atoms with E-state index in [1.54, 1.807) is 4.52 Å². The Morgan fingerprint density at radius 1 is 1.26 bits per heavy atom. The predicted octanol–water partition coefficient (Wildman–Crippen LogP) is 0.724. The zero-order chi connectivity index (χ0) is 13.4. The van der Waals surface area contributed by atoms with Crippen LogP contribution in [0, 0.1) is 19.3 Å². The molecule has 0 radical (unpaired) electrons. The minimum Gasteiger partial charge on any atom is -0.408 e. The molecule has 5 heteroatoms. The van der Waals surface area contributed by atoms with Crippen molar-refractivity contribution >= 4 is 5.78 Å². The molecule has 0 amide bonds. The topological polar surface area (TPSA) is 59.9 Å². The van der Waals surface area contributed by atoms with Crippen LogP contribution in [0.15, 0.2) is 36.4 Å². The van der Waals surface area contributed by atoms with Crippen molar-refractivity contribution in [2.24, 2.45) is 0 Å². The molecule has 0 aliphatic heterocycles. The van der Waals surface area contributed by atoms with Crippen LogP contribution in [0.5, 0.6) is 0 Å². The van der Waals surface area contributed by atoms with E-state index in [1.165, 1.54) is 0 Å². The van der Waals surface area contributed by atoms with Crippen LogP contribution >= 0.6 is 0 Å². The molecule has 0 bridgehead atoms. The molecule has 1 aromatic carbocycles. The van der Waals surface area contributed by atoms with Gasteiger partial charge in [-0.3, -0.25) is 0 Å². The molecule has 3 rings (SSSR count). The first kappa shape index (κ1) is 11.6. The first-order valence-electron chi connectivity index (χ1n) is 6.17. The maximum Gasteiger partial charge on any atom is 0.297 e. The quantitative estimate of drug-likeness (QED) is 0.684. The lowest BCUT2D eigenvalue weighted by Gasteiger charge is -2.06. The molecule has 0 aliphatic carbocycles. The molecule has 0 spiro atoms. The van der Waals surface area contributed by atoms with Gasteiger partial charge in [0.15, 0.2) is 0 Å². The third-order valence-electron chi connectivity index (χ3n) is 3.09. The molecule has 0 aliphatic rings. The predicted molar refractivity (Wildman–Crippen MR) is 69.6 cm³/mol. The summed E-state index contributed by atoms with van der Waals surface area (Å²) in [7, 11) is 0. The molecule has 0 fully saturated rings. The lowest BCUT2D eigenvalue weighted by atomic mass is 10.2. The van der Waals surface area contributed by atoms with Crippen LogP contribution in [0.1, 0.15) is 17.0 Å². The maximum atomic E-state index is 8.01. The molecule has 0 saturated carbocycles. The molecule has 3 aromatic rings. The van der Waals surface area contributed by atoms with Crippen LogP contribution in [-0.2, 0) is 6.54 Å². The first-order chi connectivity index (χ1) is 9.15. The molecule has 2 heterocycles. The Balaban J connectivity index is 2.18. The van der Waals surface area contributed by atoms with E-state index in [4.69, 9.17) is 5.41 Å². The van der Waals surface area contributed by atoms with Gasteiger partial charge in [0, 0.05) is 12.6 Å². The second-order valence-electron chi connectivity index (χ2n) is 4.65. The molecule has 0 atom stereocenters. The van der Waals surface area contributed by atoms with Gasteiger partial charge in [-0.25, -0.2) is 5.10 Å². The summed E-state index contributed by atoms with van der Waals surface area (Å²) in [6.45, 7) is 4.54. The third-order valence-corrected chi connectivity index (χ3v) is 3.09. The minimum atomic E-state index is 0.227. The normalized spacial score (nSPS) is 11.1. The van der Waals surface area contributed by atoms with Gasteiger partial charge in [-0.15, -0.1) is 4.98 Å². The Kier molecular flexibility index (Phi) is 2.67. The smallest absolute Gasteiger partial charge is 0.297 e. The van der Waals surface area contributed by atoms with Gasteiger partial charge < -0.3 is 9.98 Å². The zero-order valence-corrected chi connectivity index (χ0v) is 11.0. The second-order valence-corrected chi connectivity index (χ2v) is 4.65. The molecular formula is C14H15N5. The molecule has 0 unspecified atom stereocenters. The van der Waals surface area contributed by atoms with Crippen molar-refractivity contribution in [1.82, 2.24) is 14.6 Å². The summed E-state index contributed by atoms with van der Waals surface area (Å²) >= 11 is 0. The van der Waals surface area contributed by atoms with Crippen molar-refractivity contribution in [3.05, 3.63) is 59.0 Å².